The minimum atomic E-state index is -0.635. The Kier molecular flexibility index (Phi) is 6.10. The van der Waals surface area contributed by atoms with Crippen LogP contribution in [0.25, 0.3) is 11.3 Å². The lowest BCUT2D eigenvalue weighted by molar-refractivity contribution is -0.0439. The van der Waals surface area contributed by atoms with E-state index in [0.29, 0.717) is 40.3 Å². The first-order chi connectivity index (χ1) is 12.5. The number of halogens is 2. The molecule has 1 fully saturated rings. The van der Waals surface area contributed by atoms with Crippen LogP contribution >= 0.6 is 23.2 Å². The fourth-order valence-electron chi connectivity index (χ4n) is 2.54. The van der Waals surface area contributed by atoms with Crippen molar-refractivity contribution in [2.75, 3.05) is 44.0 Å². The number of rotatable bonds is 7. The molecule has 1 unspecified atom stereocenters. The molecule has 0 saturated carbocycles. The molecular weight excluding hydrogens is 381 g/mol. The van der Waals surface area contributed by atoms with Crippen LogP contribution in [0, 0.1) is 0 Å². The summed E-state index contributed by atoms with van der Waals surface area (Å²) in [6, 6.07) is 5.20. The Labute approximate surface area is 160 Å². The molecule has 1 aromatic carbocycles. The zero-order chi connectivity index (χ0) is 18.7. The minimum Gasteiger partial charge on any atom is -0.388 e. The molecule has 3 rings (SSSR count). The van der Waals surface area contributed by atoms with Crippen molar-refractivity contribution in [3.8, 4) is 11.3 Å². The monoisotopic (exact) mass is 399 g/mol. The maximum atomic E-state index is 9.58. The number of benzene rings is 1. The van der Waals surface area contributed by atoms with Gasteiger partial charge in [-0.25, -0.2) is 0 Å². The van der Waals surface area contributed by atoms with Gasteiger partial charge in [0, 0.05) is 25.8 Å². The Balaban J connectivity index is 1.62. The number of nitrogens with zero attached hydrogens (tertiary/aromatic N) is 4. The Morgan fingerprint density at radius 2 is 2.08 bits per heavy atom. The van der Waals surface area contributed by atoms with E-state index in [1.54, 1.807) is 18.2 Å². The zero-order valence-electron chi connectivity index (χ0n) is 14.1. The van der Waals surface area contributed by atoms with Crippen molar-refractivity contribution in [2.45, 2.75) is 12.2 Å². The Morgan fingerprint density at radius 3 is 2.77 bits per heavy atom. The standard InChI is InChI=1S/C16H19Cl2N5O3/c1-25-7-9(24)8-26-10-5-23(6-10)16-20-15(19)14(21-22-16)11-3-2-4-12(17)13(11)18/h2-4,9-10,24H,5-8H2,1H3,(H2,19,20,22). The number of nitrogens with two attached hydrogens (primary N) is 1. The highest BCUT2D eigenvalue weighted by Gasteiger charge is 2.31. The van der Waals surface area contributed by atoms with Crippen LogP contribution in [-0.4, -0.2) is 65.9 Å². The molecule has 1 aliphatic rings. The first kappa shape index (κ1) is 19.1. The summed E-state index contributed by atoms with van der Waals surface area (Å²) < 4.78 is 10.4. The van der Waals surface area contributed by atoms with E-state index in [1.807, 2.05) is 4.90 Å². The highest BCUT2D eigenvalue weighted by atomic mass is 35.5. The van der Waals surface area contributed by atoms with Crippen LogP contribution < -0.4 is 10.6 Å². The lowest BCUT2D eigenvalue weighted by Gasteiger charge is -2.38. The molecule has 26 heavy (non-hydrogen) atoms. The van der Waals surface area contributed by atoms with Gasteiger partial charge in [0.2, 0.25) is 5.95 Å². The molecular formula is C16H19Cl2N5O3. The van der Waals surface area contributed by atoms with E-state index in [0.717, 1.165) is 0 Å². The Morgan fingerprint density at radius 1 is 1.31 bits per heavy atom. The summed E-state index contributed by atoms with van der Waals surface area (Å²) >= 11 is 12.2. The number of aliphatic hydroxyl groups is 1. The van der Waals surface area contributed by atoms with Crippen LogP contribution in [0.4, 0.5) is 11.8 Å². The first-order valence-corrected chi connectivity index (χ1v) is 8.73. The number of aliphatic hydroxyl groups excluding tert-OH is 1. The third-order valence-electron chi connectivity index (χ3n) is 3.92. The van der Waals surface area contributed by atoms with Gasteiger partial charge in [-0.1, -0.05) is 35.3 Å². The minimum absolute atomic E-state index is 0.00613. The van der Waals surface area contributed by atoms with Crippen molar-refractivity contribution in [3.63, 3.8) is 0 Å². The van der Waals surface area contributed by atoms with Crippen molar-refractivity contribution in [1.29, 1.82) is 0 Å². The van der Waals surface area contributed by atoms with Crippen molar-refractivity contribution in [1.82, 2.24) is 15.2 Å². The van der Waals surface area contributed by atoms with Gasteiger partial charge in [0.1, 0.15) is 11.8 Å². The smallest absolute Gasteiger partial charge is 0.247 e. The van der Waals surface area contributed by atoms with Crippen molar-refractivity contribution < 1.29 is 14.6 Å². The van der Waals surface area contributed by atoms with E-state index in [-0.39, 0.29) is 25.1 Å². The highest BCUT2D eigenvalue weighted by molar-refractivity contribution is 6.43. The maximum absolute atomic E-state index is 9.58. The van der Waals surface area contributed by atoms with Crippen LogP contribution in [0.3, 0.4) is 0 Å². The quantitative estimate of drug-likeness (QED) is 0.723. The van der Waals surface area contributed by atoms with Crippen LogP contribution in [0.5, 0.6) is 0 Å². The van der Waals surface area contributed by atoms with E-state index >= 15 is 0 Å². The topological polar surface area (TPSA) is 107 Å². The summed E-state index contributed by atoms with van der Waals surface area (Å²) in [5, 5.41) is 18.6. The van der Waals surface area contributed by atoms with Crippen molar-refractivity contribution in [2.24, 2.45) is 0 Å². The van der Waals surface area contributed by atoms with Gasteiger partial charge in [-0.05, 0) is 6.07 Å². The maximum Gasteiger partial charge on any atom is 0.247 e. The van der Waals surface area contributed by atoms with Gasteiger partial charge in [0.15, 0.2) is 5.82 Å². The van der Waals surface area contributed by atoms with E-state index in [4.69, 9.17) is 38.4 Å². The molecule has 10 heteroatoms. The molecule has 3 N–H and O–H groups in total. The Hall–Kier alpha value is -1.71. The molecule has 0 amide bonds. The fourth-order valence-corrected chi connectivity index (χ4v) is 2.93. The van der Waals surface area contributed by atoms with E-state index < -0.39 is 6.10 Å². The molecule has 2 aromatic rings. The third kappa shape index (κ3) is 4.16. The van der Waals surface area contributed by atoms with Gasteiger partial charge in [-0.2, -0.15) is 4.98 Å². The van der Waals surface area contributed by atoms with Crippen LogP contribution in [0.1, 0.15) is 0 Å². The average molecular weight is 400 g/mol. The summed E-state index contributed by atoms with van der Waals surface area (Å²) in [5.74, 6) is 0.640. The molecule has 1 aromatic heterocycles. The SMILES string of the molecule is COCC(O)COC1CN(c2nnc(-c3cccc(Cl)c3Cl)c(N)n2)C1. The Bertz CT molecular complexity index is 774. The van der Waals surface area contributed by atoms with E-state index in [2.05, 4.69) is 15.2 Å². The van der Waals surface area contributed by atoms with Crippen LogP contribution in [-0.2, 0) is 9.47 Å². The lowest BCUT2D eigenvalue weighted by atomic mass is 10.1. The van der Waals surface area contributed by atoms with Gasteiger partial charge in [0.05, 0.1) is 29.4 Å². The predicted molar refractivity (Wildman–Crippen MR) is 99.5 cm³/mol. The summed E-state index contributed by atoms with van der Waals surface area (Å²) in [6.45, 7) is 1.66. The number of hydrogen-bond donors (Lipinski definition) is 2. The predicted octanol–water partition coefficient (Wildman–Crippen LogP) is 1.64. The fraction of sp³-hybridized carbons (Fsp3) is 0.438. The first-order valence-electron chi connectivity index (χ1n) is 7.97. The largest absolute Gasteiger partial charge is 0.388 e. The molecule has 0 spiro atoms. The van der Waals surface area contributed by atoms with Gasteiger partial charge < -0.3 is 25.2 Å². The second-order valence-corrected chi connectivity index (χ2v) is 6.70. The van der Waals surface area contributed by atoms with Gasteiger partial charge in [0.25, 0.3) is 0 Å². The lowest BCUT2D eigenvalue weighted by Crippen LogP contribution is -2.53. The molecule has 1 aliphatic heterocycles. The number of methoxy groups -OCH3 is 1. The number of nitrogen functional groups attached to an aromatic ring is 1. The van der Waals surface area contributed by atoms with Crippen LogP contribution in [0.15, 0.2) is 18.2 Å². The summed E-state index contributed by atoms with van der Waals surface area (Å²) in [5.41, 5.74) is 7.00. The molecule has 140 valence electrons. The molecule has 0 aliphatic carbocycles. The summed E-state index contributed by atoms with van der Waals surface area (Å²) in [4.78, 5) is 6.19. The van der Waals surface area contributed by atoms with Crippen LogP contribution in [0.2, 0.25) is 10.0 Å². The second kappa shape index (κ2) is 8.32. The molecule has 0 radical (unpaired) electrons. The third-order valence-corrected chi connectivity index (χ3v) is 4.74. The second-order valence-electron chi connectivity index (χ2n) is 5.92. The zero-order valence-corrected chi connectivity index (χ0v) is 15.6. The van der Waals surface area contributed by atoms with Gasteiger partial charge in [-0.3, -0.25) is 0 Å². The average Bonchev–Trinajstić information content (AvgIpc) is 2.57. The van der Waals surface area contributed by atoms with Gasteiger partial charge in [-0.15, -0.1) is 10.2 Å². The number of anilines is 2. The highest BCUT2D eigenvalue weighted by Crippen LogP contribution is 2.34. The number of hydrogen-bond acceptors (Lipinski definition) is 8. The van der Waals surface area contributed by atoms with Crippen molar-refractivity contribution >= 4 is 35.0 Å². The van der Waals surface area contributed by atoms with Gasteiger partial charge >= 0.3 is 0 Å². The number of aromatic nitrogens is 3. The molecule has 0 bridgehead atoms. The molecule has 1 atom stereocenters. The molecule has 2 heterocycles. The van der Waals surface area contributed by atoms with E-state index in [9.17, 15) is 5.11 Å². The molecule has 8 nitrogen and oxygen atoms in total. The van der Waals surface area contributed by atoms with E-state index in [1.165, 1.54) is 7.11 Å². The number of ether oxygens (including phenoxy) is 2. The van der Waals surface area contributed by atoms with Crippen molar-refractivity contribution in [3.05, 3.63) is 28.2 Å². The summed E-state index contributed by atoms with van der Waals surface area (Å²) in [6.07, 6.45) is -0.641. The molecule has 1 saturated heterocycles. The normalized spacial score (nSPS) is 15.8. The summed E-state index contributed by atoms with van der Waals surface area (Å²) in [7, 11) is 1.53.